The van der Waals surface area contributed by atoms with Crippen molar-refractivity contribution in [3.63, 3.8) is 0 Å². The second kappa shape index (κ2) is 5.52. The van der Waals surface area contributed by atoms with E-state index in [-0.39, 0.29) is 11.6 Å². The van der Waals surface area contributed by atoms with Crippen LogP contribution in [0.5, 0.6) is 0 Å². The van der Waals surface area contributed by atoms with Crippen molar-refractivity contribution in [3.05, 3.63) is 39.4 Å². The fraction of sp³-hybridized carbons (Fsp3) is 0.429. The molecule has 5 nitrogen and oxygen atoms in total. The van der Waals surface area contributed by atoms with Crippen LogP contribution >= 0.6 is 11.6 Å². The number of hydrogen-bond acceptors (Lipinski definition) is 4. The molecular formula is C14H17ClN4O. The SMILES string of the molecule is N[C@@H]1CCCN(Cc2nc3ccc(Cl)cc3c(=O)[nH]2)C1. The first kappa shape index (κ1) is 13.5. The molecule has 106 valence electrons. The number of aromatic amines is 1. The summed E-state index contributed by atoms with van der Waals surface area (Å²) in [6.07, 6.45) is 2.16. The van der Waals surface area contributed by atoms with Crippen LogP contribution in [0.4, 0.5) is 0 Å². The van der Waals surface area contributed by atoms with Gasteiger partial charge in [-0.1, -0.05) is 11.6 Å². The topological polar surface area (TPSA) is 75.0 Å². The number of fused-ring (bicyclic) bond motifs is 1. The maximum Gasteiger partial charge on any atom is 0.258 e. The monoisotopic (exact) mass is 292 g/mol. The number of piperidine rings is 1. The zero-order valence-electron chi connectivity index (χ0n) is 11.1. The van der Waals surface area contributed by atoms with Gasteiger partial charge in [-0.15, -0.1) is 0 Å². The smallest absolute Gasteiger partial charge is 0.258 e. The van der Waals surface area contributed by atoms with Crippen molar-refractivity contribution in [2.75, 3.05) is 13.1 Å². The first-order valence-electron chi connectivity index (χ1n) is 6.78. The number of halogens is 1. The standard InChI is InChI=1S/C14H17ClN4O/c15-9-3-4-12-11(6-9)14(20)18-13(17-12)8-19-5-1-2-10(16)7-19/h3-4,6,10H,1-2,5,7-8,16H2,(H,17,18,20)/t10-/m1/s1. The van der Waals surface area contributed by atoms with Gasteiger partial charge in [0.2, 0.25) is 0 Å². The van der Waals surface area contributed by atoms with Gasteiger partial charge in [-0.25, -0.2) is 4.98 Å². The molecule has 1 aromatic heterocycles. The lowest BCUT2D eigenvalue weighted by atomic mass is 10.1. The second-order valence-electron chi connectivity index (χ2n) is 5.31. The number of aromatic nitrogens is 2. The van der Waals surface area contributed by atoms with Crippen LogP contribution in [0.25, 0.3) is 10.9 Å². The molecule has 0 aliphatic carbocycles. The molecule has 20 heavy (non-hydrogen) atoms. The Morgan fingerprint density at radius 2 is 2.35 bits per heavy atom. The molecule has 2 aromatic rings. The van der Waals surface area contributed by atoms with Gasteiger partial charge in [0, 0.05) is 17.6 Å². The predicted molar refractivity (Wildman–Crippen MR) is 79.9 cm³/mol. The molecule has 1 aliphatic rings. The maximum atomic E-state index is 12.1. The number of H-pyrrole nitrogens is 1. The fourth-order valence-corrected chi connectivity index (χ4v) is 2.85. The van der Waals surface area contributed by atoms with E-state index in [1.807, 2.05) is 0 Å². The zero-order chi connectivity index (χ0) is 14.1. The van der Waals surface area contributed by atoms with Crippen LogP contribution in [0.1, 0.15) is 18.7 Å². The number of nitrogens with zero attached hydrogens (tertiary/aromatic N) is 2. The highest BCUT2D eigenvalue weighted by Crippen LogP contribution is 2.15. The van der Waals surface area contributed by atoms with Crippen LogP contribution in [0.15, 0.2) is 23.0 Å². The minimum absolute atomic E-state index is 0.145. The van der Waals surface area contributed by atoms with Crippen molar-refractivity contribution >= 4 is 22.5 Å². The van der Waals surface area contributed by atoms with Gasteiger partial charge < -0.3 is 10.7 Å². The number of nitrogens with one attached hydrogen (secondary N) is 1. The fourth-order valence-electron chi connectivity index (χ4n) is 2.68. The van der Waals surface area contributed by atoms with Crippen LogP contribution in [0.2, 0.25) is 5.02 Å². The molecule has 1 saturated heterocycles. The predicted octanol–water partition coefficient (Wildman–Crippen LogP) is 1.50. The first-order chi connectivity index (χ1) is 9.61. The largest absolute Gasteiger partial charge is 0.327 e. The minimum atomic E-state index is -0.145. The average molecular weight is 293 g/mol. The molecule has 3 rings (SSSR count). The van der Waals surface area contributed by atoms with Gasteiger partial charge in [-0.05, 0) is 37.6 Å². The molecule has 0 spiro atoms. The summed E-state index contributed by atoms with van der Waals surface area (Å²) in [5.74, 6) is 0.680. The summed E-state index contributed by atoms with van der Waals surface area (Å²) < 4.78 is 0. The third kappa shape index (κ3) is 2.85. The molecule has 6 heteroatoms. The van der Waals surface area contributed by atoms with E-state index < -0.39 is 0 Å². The Kier molecular flexibility index (Phi) is 3.74. The molecule has 1 atom stereocenters. The highest BCUT2D eigenvalue weighted by molar-refractivity contribution is 6.31. The van der Waals surface area contributed by atoms with E-state index in [1.54, 1.807) is 18.2 Å². The number of rotatable bonds is 2. The summed E-state index contributed by atoms with van der Waals surface area (Å²) in [6.45, 7) is 2.47. The Balaban J connectivity index is 1.89. The summed E-state index contributed by atoms with van der Waals surface area (Å²) in [5.41, 5.74) is 6.50. The van der Waals surface area contributed by atoms with Crippen molar-refractivity contribution < 1.29 is 0 Å². The van der Waals surface area contributed by atoms with Gasteiger partial charge in [-0.3, -0.25) is 9.69 Å². The quantitative estimate of drug-likeness (QED) is 0.879. The van der Waals surface area contributed by atoms with E-state index in [9.17, 15) is 4.79 Å². The van der Waals surface area contributed by atoms with E-state index >= 15 is 0 Å². The third-order valence-corrected chi connectivity index (χ3v) is 3.87. The van der Waals surface area contributed by atoms with Crippen LogP contribution in [-0.4, -0.2) is 34.0 Å². The summed E-state index contributed by atoms with van der Waals surface area (Å²) in [7, 11) is 0. The zero-order valence-corrected chi connectivity index (χ0v) is 11.9. The Morgan fingerprint density at radius 3 is 3.15 bits per heavy atom. The summed E-state index contributed by atoms with van der Waals surface area (Å²) >= 11 is 5.90. The molecule has 0 amide bonds. The Labute approximate surface area is 121 Å². The molecule has 0 radical (unpaired) electrons. The second-order valence-corrected chi connectivity index (χ2v) is 5.75. The summed E-state index contributed by atoms with van der Waals surface area (Å²) in [4.78, 5) is 21.6. The summed E-state index contributed by atoms with van der Waals surface area (Å²) in [6, 6.07) is 5.38. The Bertz CT molecular complexity index is 684. The van der Waals surface area contributed by atoms with Crippen LogP contribution < -0.4 is 11.3 Å². The molecule has 2 heterocycles. The van der Waals surface area contributed by atoms with E-state index in [0.717, 1.165) is 25.9 Å². The lowest BCUT2D eigenvalue weighted by Crippen LogP contribution is -2.42. The van der Waals surface area contributed by atoms with Crippen LogP contribution in [-0.2, 0) is 6.54 Å². The van der Waals surface area contributed by atoms with Crippen molar-refractivity contribution in [1.29, 1.82) is 0 Å². The molecule has 0 unspecified atom stereocenters. The van der Waals surface area contributed by atoms with E-state index in [4.69, 9.17) is 17.3 Å². The third-order valence-electron chi connectivity index (χ3n) is 3.63. The van der Waals surface area contributed by atoms with Gasteiger partial charge in [0.1, 0.15) is 5.82 Å². The van der Waals surface area contributed by atoms with Gasteiger partial charge in [-0.2, -0.15) is 0 Å². The molecule has 1 aromatic carbocycles. The molecule has 1 aliphatic heterocycles. The van der Waals surface area contributed by atoms with Crippen LogP contribution in [0, 0.1) is 0 Å². The molecular weight excluding hydrogens is 276 g/mol. The summed E-state index contributed by atoms with van der Waals surface area (Å²) in [5, 5.41) is 1.07. The van der Waals surface area contributed by atoms with Crippen molar-refractivity contribution in [2.45, 2.75) is 25.4 Å². The number of benzene rings is 1. The Morgan fingerprint density at radius 1 is 1.50 bits per heavy atom. The highest BCUT2D eigenvalue weighted by Gasteiger charge is 2.17. The van der Waals surface area contributed by atoms with Crippen molar-refractivity contribution in [2.24, 2.45) is 5.73 Å². The van der Waals surface area contributed by atoms with Crippen molar-refractivity contribution in [1.82, 2.24) is 14.9 Å². The minimum Gasteiger partial charge on any atom is -0.327 e. The Hall–Kier alpha value is -1.43. The molecule has 3 N–H and O–H groups in total. The highest BCUT2D eigenvalue weighted by atomic mass is 35.5. The lowest BCUT2D eigenvalue weighted by Gasteiger charge is -2.30. The van der Waals surface area contributed by atoms with Gasteiger partial charge in [0.15, 0.2) is 0 Å². The van der Waals surface area contributed by atoms with Gasteiger partial charge >= 0.3 is 0 Å². The van der Waals surface area contributed by atoms with Crippen molar-refractivity contribution in [3.8, 4) is 0 Å². The number of likely N-dealkylation sites (tertiary alicyclic amines) is 1. The lowest BCUT2D eigenvalue weighted by molar-refractivity contribution is 0.197. The van der Waals surface area contributed by atoms with E-state index in [0.29, 0.717) is 28.3 Å². The average Bonchev–Trinajstić information content (AvgIpc) is 2.40. The molecule has 1 fully saturated rings. The normalized spacial score (nSPS) is 20.4. The van der Waals surface area contributed by atoms with Gasteiger partial charge in [0.05, 0.1) is 17.4 Å². The molecule has 0 bridgehead atoms. The number of hydrogen-bond donors (Lipinski definition) is 2. The van der Waals surface area contributed by atoms with E-state index in [1.165, 1.54) is 0 Å². The number of nitrogens with two attached hydrogens (primary N) is 1. The molecule has 0 saturated carbocycles. The van der Waals surface area contributed by atoms with Crippen LogP contribution in [0.3, 0.4) is 0 Å². The first-order valence-corrected chi connectivity index (χ1v) is 7.16. The van der Waals surface area contributed by atoms with Gasteiger partial charge in [0.25, 0.3) is 5.56 Å². The van der Waals surface area contributed by atoms with E-state index in [2.05, 4.69) is 14.9 Å². The maximum absolute atomic E-state index is 12.1.